The maximum atomic E-state index is 13.6. The smallest absolute Gasteiger partial charge is 0.234 e. The van der Waals surface area contributed by atoms with E-state index in [1.807, 2.05) is 12.1 Å². The number of thioether (sulfide) groups is 1. The summed E-state index contributed by atoms with van der Waals surface area (Å²) >= 11 is 2.30. The van der Waals surface area contributed by atoms with E-state index < -0.39 is 29.0 Å². The maximum Gasteiger partial charge on any atom is 0.234 e. The molecule has 0 saturated heterocycles. The molecule has 0 aliphatic carbocycles. The van der Waals surface area contributed by atoms with E-state index in [2.05, 4.69) is 20.8 Å². The second-order valence-electron chi connectivity index (χ2n) is 5.29. The lowest BCUT2D eigenvalue weighted by Gasteiger charge is -2.06. The van der Waals surface area contributed by atoms with Gasteiger partial charge in [-0.25, -0.2) is 13.2 Å². The number of methoxy groups -OCH3 is 1. The lowest BCUT2D eigenvalue weighted by atomic mass is 10.3. The number of halogens is 3. The van der Waals surface area contributed by atoms with Crippen molar-refractivity contribution in [3.8, 4) is 5.75 Å². The molecule has 28 heavy (non-hydrogen) atoms. The van der Waals surface area contributed by atoms with Crippen LogP contribution in [0.5, 0.6) is 5.75 Å². The average Bonchev–Trinajstić information content (AvgIpc) is 3.14. The van der Waals surface area contributed by atoms with Crippen molar-refractivity contribution in [2.24, 2.45) is 0 Å². The SMILES string of the molecule is COc1cccc(Nc2nnc(SCC(=O)Nc3ccc(F)c(F)c3F)s2)c1. The van der Waals surface area contributed by atoms with E-state index in [0.717, 1.165) is 29.6 Å². The summed E-state index contributed by atoms with van der Waals surface area (Å²) in [7, 11) is 1.57. The first-order valence-corrected chi connectivity index (χ1v) is 9.57. The molecule has 0 aliphatic rings. The van der Waals surface area contributed by atoms with E-state index >= 15 is 0 Å². The van der Waals surface area contributed by atoms with Gasteiger partial charge in [0.05, 0.1) is 18.6 Å². The lowest BCUT2D eigenvalue weighted by molar-refractivity contribution is -0.113. The van der Waals surface area contributed by atoms with Gasteiger partial charge in [-0.3, -0.25) is 4.79 Å². The van der Waals surface area contributed by atoms with Crippen molar-refractivity contribution in [1.82, 2.24) is 10.2 Å². The highest BCUT2D eigenvalue weighted by Crippen LogP contribution is 2.29. The fourth-order valence-electron chi connectivity index (χ4n) is 2.08. The highest BCUT2D eigenvalue weighted by Gasteiger charge is 2.16. The van der Waals surface area contributed by atoms with Crippen molar-refractivity contribution in [3.63, 3.8) is 0 Å². The molecular weight excluding hydrogens is 413 g/mol. The van der Waals surface area contributed by atoms with Gasteiger partial charge in [0.15, 0.2) is 21.8 Å². The Hall–Kier alpha value is -2.79. The minimum Gasteiger partial charge on any atom is -0.497 e. The van der Waals surface area contributed by atoms with E-state index in [0.29, 0.717) is 15.2 Å². The first-order chi connectivity index (χ1) is 13.5. The highest BCUT2D eigenvalue weighted by molar-refractivity contribution is 8.01. The molecule has 3 aromatic rings. The molecule has 2 N–H and O–H groups in total. The Morgan fingerprint density at radius 2 is 2.00 bits per heavy atom. The number of carbonyl (C=O) groups is 1. The molecule has 0 unspecified atom stereocenters. The van der Waals surface area contributed by atoms with Crippen LogP contribution in [0.2, 0.25) is 0 Å². The summed E-state index contributed by atoms with van der Waals surface area (Å²) < 4.78 is 45.3. The van der Waals surface area contributed by atoms with Crippen molar-refractivity contribution in [3.05, 3.63) is 53.8 Å². The molecule has 0 spiro atoms. The van der Waals surface area contributed by atoms with Gasteiger partial charge in [0, 0.05) is 11.8 Å². The Kier molecular flexibility index (Phi) is 6.37. The van der Waals surface area contributed by atoms with Crippen LogP contribution in [0.4, 0.5) is 29.7 Å². The molecule has 0 fully saturated rings. The number of nitrogens with zero attached hydrogens (tertiary/aromatic N) is 2. The van der Waals surface area contributed by atoms with Crippen molar-refractivity contribution in [2.45, 2.75) is 4.34 Å². The average molecular weight is 426 g/mol. The van der Waals surface area contributed by atoms with E-state index in [1.54, 1.807) is 19.2 Å². The van der Waals surface area contributed by atoms with E-state index in [1.165, 1.54) is 11.3 Å². The van der Waals surface area contributed by atoms with Crippen molar-refractivity contribution >= 4 is 45.5 Å². The Bertz CT molecular complexity index is 1000. The molecule has 11 heteroatoms. The number of benzene rings is 2. The normalized spacial score (nSPS) is 10.6. The predicted molar refractivity (Wildman–Crippen MR) is 102 cm³/mol. The van der Waals surface area contributed by atoms with Crippen LogP contribution in [0.3, 0.4) is 0 Å². The standard InChI is InChI=1S/C17H13F3N4O2S2/c1-26-10-4-2-3-9(7-10)21-16-23-24-17(28-16)27-8-13(25)22-12-6-5-11(18)14(19)15(12)20/h2-7H,8H2,1H3,(H,21,23)(H,22,25). The summed E-state index contributed by atoms with van der Waals surface area (Å²) in [6.07, 6.45) is 0. The first-order valence-electron chi connectivity index (χ1n) is 7.77. The number of nitrogens with one attached hydrogen (secondary N) is 2. The molecule has 2 aromatic carbocycles. The molecular formula is C17H13F3N4O2S2. The van der Waals surface area contributed by atoms with Gasteiger partial charge in [-0.15, -0.1) is 10.2 Å². The molecule has 0 atom stereocenters. The minimum absolute atomic E-state index is 0.105. The zero-order valence-corrected chi connectivity index (χ0v) is 16.0. The fourth-order valence-corrected chi connectivity index (χ4v) is 3.65. The summed E-state index contributed by atoms with van der Waals surface area (Å²) in [6, 6.07) is 8.94. The number of carbonyl (C=O) groups excluding carboxylic acids is 1. The maximum absolute atomic E-state index is 13.6. The monoisotopic (exact) mass is 426 g/mol. The molecule has 1 amide bonds. The Morgan fingerprint density at radius 3 is 2.79 bits per heavy atom. The van der Waals surface area contributed by atoms with Gasteiger partial charge in [-0.2, -0.15) is 0 Å². The number of hydrogen-bond donors (Lipinski definition) is 2. The van der Waals surface area contributed by atoms with E-state index in [9.17, 15) is 18.0 Å². The molecule has 1 heterocycles. The molecule has 3 rings (SSSR count). The van der Waals surface area contributed by atoms with Gasteiger partial charge in [-0.1, -0.05) is 29.2 Å². The second-order valence-corrected chi connectivity index (χ2v) is 7.49. The Labute approximate surface area is 166 Å². The van der Waals surface area contributed by atoms with Crippen molar-refractivity contribution in [2.75, 3.05) is 23.5 Å². The van der Waals surface area contributed by atoms with Crippen LogP contribution in [-0.4, -0.2) is 29.0 Å². The molecule has 146 valence electrons. The molecule has 0 bridgehead atoms. The molecule has 0 aliphatic heterocycles. The minimum atomic E-state index is -1.64. The number of ether oxygens (including phenoxy) is 1. The molecule has 1 aromatic heterocycles. The summed E-state index contributed by atoms with van der Waals surface area (Å²) in [6.45, 7) is 0. The van der Waals surface area contributed by atoms with Crippen LogP contribution in [0.15, 0.2) is 40.7 Å². The van der Waals surface area contributed by atoms with Gasteiger partial charge in [0.1, 0.15) is 5.75 Å². The van der Waals surface area contributed by atoms with Crippen molar-refractivity contribution in [1.29, 1.82) is 0 Å². The summed E-state index contributed by atoms with van der Waals surface area (Å²) in [5, 5.41) is 13.7. The number of anilines is 3. The van der Waals surface area contributed by atoms with Crippen molar-refractivity contribution < 1.29 is 22.7 Å². The van der Waals surface area contributed by atoms with Gasteiger partial charge in [-0.05, 0) is 24.3 Å². The van der Waals surface area contributed by atoms with Gasteiger partial charge in [0.2, 0.25) is 11.0 Å². The second kappa shape index (κ2) is 8.93. The molecule has 6 nitrogen and oxygen atoms in total. The van der Waals surface area contributed by atoms with Crippen LogP contribution in [0.25, 0.3) is 0 Å². The van der Waals surface area contributed by atoms with Gasteiger partial charge in [0.25, 0.3) is 0 Å². The summed E-state index contributed by atoms with van der Waals surface area (Å²) in [5.41, 5.74) is 0.334. The third kappa shape index (κ3) is 4.93. The zero-order valence-electron chi connectivity index (χ0n) is 14.3. The van der Waals surface area contributed by atoms with Crippen LogP contribution >= 0.6 is 23.1 Å². The highest BCUT2D eigenvalue weighted by atomic mass is 32.2. The van der Waals surface area contributed by atoms with Crippen LogP contribution < -0.4 is 15.4 Å². The third-order valence-corrected chi connectivity index (χ3v) is 5.34. The number of aromatic nitrogens is 2. The Morgan fingerprint density at radius 1 is 1.18 bits per heavy atom. The topological polar surface area (TPSA) is 76.1 Å². The number of rotatable bonds is 7. The van der Waals surface area contributed by atoms with Gasteiger partial charge < -0.3 is 15.4 Å². The lowest BCUT2D eigenvalue weighted by Crippen LogP contribution is -2.15. The van der Waals surface area contributed by atoms with E-state index in [-0.39, 0.29) is 5.75 Å². The number of amides is 1. The molecule has 0 saturated carbocycles. The Balaban J connectivity index is 1.55. The van der Waals surface area contributed by atoms with Gasteiger partial charge >= 0.3 is 0 Å². The first kappa shape index (κ1) is 20.0. The predicted octanol–water partition coefficient (Wildman–Crippen LogP) is 4.44. The zero-order chi connectivity index (χ0) is 20.1. The summed E-state index contributed by atoms with van der Waals surface area (Å²) in [4.78, 5) is 11.9. The molecule has 0 radical (unpaired) electrons. The largest absolute Gasteiger partial charge is 0.497 e. The van der Waals surface area contributed by atoms with Crippen LogP contribution in [0, 0.1) is 17.5 Å². The van der Waals surface area contributed by atoms with Crippen LogP contribution in [0.1, 0.15) is 0 Å². The quantitative estimate of drug-likeness (QED) is 0.430. The summed E-state index contributed by atoms with van der Waals surface area (Å²) in [5.74, 6) is -4.42. The van der Waals surface area contributed by atoms with Crippen LogP contribution in [-0.2, 0) is 4.79 Å². The number of hydrogen-bond acceptors (Lipinski definition) is 7. The van der Waals surface area contributed by atoms with E-state index in [4.69, 9.17) is 4.74 Å². The third-order valence-electron chi connectivity index (χ3n) is 3.36. The fraction of sp³-hybridized carbons (Fsp3) is 0.118.